The summed E-state index contributed by atoms with van der Waals surface area (Å²) in [6.07, 6.45) is 6.05. The molecule has 0 unspecified atom stereocenters. The fraction of sp³-hybridized carbons (Fsp3) is 0.562. The molecule has 1 saturated carbocycles. The van der Waals surface area contributed by atoms with Gasteiger partial charge in [-0.3, -0.25) is 4.90 Å². The molecule has 0 bridgehead atoms. The summed E-state index contributed by atoms with van der Waals surface area (Å²) in [6.45, 7) is 1.36. The first-order chi connectivity index (χ1) is 10.1. The Labute approximate surface area is 130 Å². The SMILES string of the molecule is NC(=S)c1cc(F)cc(CN(CCO)C2CCCCC2)c1. The number of benzene rings is 1. The third-order valence-electron chi connectivity index (χ3n) is 4.11. The molecule has 0 aromatic heterocycles. The molecule has 0 heterocycles. The smallest absolute Gasteiger partial charge is 0.124 e. The third-order valence-corrected chi connectivity index (χ3v) is 4.34. The molecule has 2 rings (SSSR count). The molecule has 0 spiro atoms. The molecule has 0 aliphatic heterocycles. The Balaban J connectivity index is 2.13. The van der Waals surface area contributed by atoms with Crippen LogP contribution in [0.2, 0.25) is 0 Å². The van der Waals surface area contributed by atoms with E-state index in [4.69, 9.17) is 18.0 Å². The van der Waals surface area contributed by atoms with Crippen LogP contribution in [0.1, 0.15) is 43.2 Å². The van der Waals surface area contributed by atoms with Gasteiger partial charge in [0.15, 0.2) is 0 Å². The maximum absolute atomic E-state index is 13.7. The summed E-state index contributed by atoms with van der Waals surface area (Å²) in [5.41, 5.74) is 7.02. The van der Waals surface area contributed by atoms with E-state index in [-0.39, 0.29) is 17.4 Å². The van der Waals surface area contributed by atoms with E-state index in [2.05, 4.69) is 4.90 Å². The van der Waals surface area contributed by atoms with Gasteiger partial charge in [-0.05, 0) is 36.6 Å². The molecule has 21 heavy (non-hydrogen) atoms. The maximum Gasteiger partial charge on any atom is 0.124 e. The molecule has 1 fully saturated rings. The van der Waals surface area contributed by atoms with E-state index < -0.39 is 0 Å². The van der Waals surface area contributed by atoms with Gasteiger partial charge in [-0.1, -0.05) is 31.5 Å². The van der Waals surface area contributed by atoms with Crippen LogP contribution in [0, 0.1) is 5.82 Å². The molecular formula is C16H23FN2OS. The van der Waals surface area contributed by atoms with E-state index in [0.29, 0.717) is 24.7 Å². The third kappa shape index (κ3) is 4.73. The Morgan fingerprint density at radius 3 is 2.62 bits per heavy atom. The monoisotopic (exact) mass is 310 g/mol. The number of aliphatic hydroxyl groups excluding tert-OH is 1. The summed E-state index contributed by atoms with van der Waals surface area (Å²) < 4.78 is 13.7. The van der Waals surface area contributed by atoms with Crippen molar-refractivity contribution >= 4 is 17.2 Å². The van der Waals surface area contributed by atoms with Gasteiger partial charge in [-0.15, -0.1) is 0 Å². The molecule has 1 aliphatic rings. The summed E-state index contributed by atoms with van der Waals surface area (Å²) in [4.78, 5) is 2.46. The second-order valence-corrected chi connectivity index (χ2v) is 6.14. The van der Waals surface area contributed by atoms with Crippen LogP contribution in [0.4, 0.5) is 4.39 Å². The Bertz CT molecular complexity index is 489. The first-order valence-electron chi connectivity index (χ1n) is 7.54. The van der Waals surface area contributed by atoms with Crippen molar-refractivity contribution in [3.63, 3.8) is 0 Å². The second kappa shape index (κ2) is 7.82. The zero-order chi connectivity index (χ0) is 15.2. The summed E-state index contributed by atoms with van der Waals surface area (Å²) in [6, 6.07) is 5.21. The molecule has 1 aromatic carbocycles. The van der Waals surface area contributed by atoms with E-state index in [0.717, 1.165) is 18.4 Å². The van der Waals surface area contributed by atoms with Gasteiger partial charge >= 0.3 is 0 Å². The van der Waals surface area contributed by atoms with Gasteiger partial charge in [-0.2, -0.15) is 0 Å². The Morgan fingerprint density at radius 1 is 1.29 bits per heavy atom. The zero-order valence-corrected chi connectivity index (χ0v) is 13.0. The minimum Gasteiger partial charge on any atom is -0.395 e. The fourth-order valence-electron chi connectivity index (χ4n) is 3.08. The van der Waals surface area contributed by atoms with Gasteiger partial charge in [0.2, 0.25) is 0 Å². The lowest BCUT2D eigenvalue weighted by molar-refractivity contribution is 0.117. The Morgan fingerprint density at radius 2 is 2.00 bits per heavy atom. The lowest BCUT2D eigenvalue weighted by Crippen LogP contribution is -2.38. The van der Waals surface area contributed by atoms with Crippen molar-refractivity contribution in [3.05, 3.63) is 35.1 Å². The van der Waals surface area contributed by atoms with Gasteiger partial charge in [0.1, 0.15) is 10.8 Å². The number of halogens is 1. The number of hydrogen-bond acceptors (Lipinski definition) is 3. The molecule has 1 aliphatic carbocycles. The number of nitrogens with two attached hydrogens (primary N) is 1. The number of rotatable bonds is 6. The molecule has 5 heteroatoms. The molecule has 0 saturated heterocycles. The average Bonchev–Trinajstić information content (AvgIpc) is 2.47. The maximum atomic E-state index is 13.7. The molecule has 3 N–H and O–H groups in total. The lowest BCUT2D eigenvalue weighted by atomic mass is 9.93. The normalized spacial score (nSPS) is 16.3. The molecule has 1 aromatic rings. The predicted octanol–water partition coefficient (Wildman–Crippen LogP) is 2.59. The van der Waals surface area contributed by atoms with Gasteiger partial charge < -0.3 is 10.8 Å². The quantitative estimate of drug-likeness (QED) is 0.793. The van der Waals surface area contributed by atoms with Crippen molar-refractivity contribution in [3.8, 4) is 0 Å². The van der Waals surface area contributed by atoms with Crippen LogP contribution in [-0.2, 0) is 6.54 Å². The Kier molecular flexibility index (Phi) is 6.08. The topological polar surface area (TPSA) is 49.5 Å². The Hall–Kier alpha value is -1.04. The van der Waals surface area contributed by atoms with Crippen molar-refractivity contribution < 1.29 is 9.50 Å². The van der Waals surface area contributed by atoms with Crippen LogP contribution in [0.5, 0.6) is 0 Å². The minimum absolute atomic E-state index is 0.119. The standard InChI is InChI=1S/C16H23FN2OS/c17-14-9-12(8-13(10-14)16(18)21)11-19(6-7-20)15-4-2-1-3-5-15/h8-10,15,20H,1-7,11H2,(H2,18,21). The minimum atomic E-state index is -0.317. The van der Waals surface area contributed by atoms with E-state index >= 15 is 0 Å². The molecule has 0 amide bonds. The highest BCUT2D eigenvalue weighted by atomic mass is 32.1. The van der Waals surface area contributed by atoms with Crippen LogP contribution in [-0.4, -0.2) is 34.2 Å². The van der Waals surface area contributed by atoms with E-state index in [9.17, 15) is 9.50 Å². The van der Waals surface area contributed by atoms with Crippen molar-refractivity contribution in [2.45, 2.75) is 44.7 Å². The second-order valence-electron chi connectivity index (χ2n) is 5.70. The zero-order valence-electron chi connectivity index (χ0n) is 12.2. The fourth-order valence-corrected chi connectivity index (χ4v) is 3.20. The molecule has 0 radical (unpaired) electrons. The van der Waals surface area contributed by atoms with Gasteiger partial charge in [0.25, 0.3) is 0 Å². The van der Waals surface area contributed by atoms with Crippen molar-refractivity contribution in [1.29, 1.82) is 0 Å². The van der Waals surface area contributed by atoms with Crippen LogP contribution in [0.15, 0.2) is 18.2 Å². The molecule has 116 valence electrons. The lowest BCUT2D eigenvalue weighted by Gasteiger charge is -2.34. The van der Waals surface area contributed by atoms with Crippen LogP contribution < -0.4 is 5.73 Å². The molecule has 3 nitrogen and oxygen atoms in total. The highest BCUT2D eigenvalue weighted by Crippen LogP contribution is 2.24. The highest BCUT2D eigenvalue weighted by Gasteiger charge is 2.21. The molecule has 0 atom stereocenters. The number of hydrogen-bond donors (Lipinski definition) is 2. The summed E-state index contributed by atoms with van der Waals surface area (Å²) in [7, 11) is 0. The van der Waals surface area contributed by atoms with Crippen LogP contribution in [0.25, 0.3) is 0 Å². The number of thiocarbonyl (C=S) groups is 1. The summed E-state index contributed by atoms with van der Waals surface area (Å²) in [5, 5.41) is 9.29. The first kappa shape index (κ1) is 16.3. The average molecular weight is 310 g/mol. The van der Waals surface area contributed by atoms with Crippen LogP contribution >= 0.6 is 12.2 Å². The predicted molar refractivity (Wildman–Crippen MR) is 86.7 cm³/mol. The van der Waals surface area contributed by atoms with Crippen molar-refractivity contribution in [2.75, 3.05) is 13.2 Å². The van der Waals surface area contributed by atoms with E-state index in [1.54, 1.807) is 0 Å². The van der Waals surface area contributed by atoms with Gasteiger partial charge in [0, 0.05) is 24.7 Å². The first-order valence-corrected chi connectivity index (χ1v) is 7.95. The highest BCUT2D eigenvalue weighted by molar-refractivity contribution is 7.80. The molecular weight excluding hydrogens is 287 g/mol. The van der Waals surface area contributed by atoms with Gasteiger partial charge in [0.05, 0.1) is 6.61 Å². The summed E-state index contributed by atoms with van der Waals surface area (Å²) in [5.74, 6) is -0.317. The van der Waals surface area contributed by atoms with E-state index in [1.807, 2.05) is 6.07 Å². The van der Waals surface area contributed by atoms with E-state index in [1.165, 1.54) is 31.4 Å². The number of nitrogens with zero attached hydrogens (tertiary/aromatic N) is 1. The largest absolute Gasteiger partial charge is 0.395 e. The van der Waals surface area contributed by atoms with Crippen molar-refractivity contribution in [1.82, 2.24) is 4.90 Å². The summed E-state index contributed by atoms with van der Waals surface area (Å²) >= 11 is 4.93. The van der Waals surface area contributed by atoms with Gasteiger partial charge in [-0.25, -0.2) is 4.39 Å². The van der Waals surface area contributed by atoms with Crippen LogP contribution in [0.3, 0.4) is 0 Å². The van der Waals surface area contributed by atoms with Crippen molar-refractivity contribution in [2.24, 2.45) is 5.73 Å². The number of aliphatic hydroxyl groups is 1.